The molecule has 0 atom stereocenters. The number of hydrogen-bond donors (Lipinski definition) is 0. The molecule has 1 fully saturated rings. The van der Waals surface area contributed by atoms with Crippen LogP contribution in [0.15, 0.2) is 42.6 Å². The first-order valence-electron chi connectivity index (χ1n) is 10.4. The number of carbonyl (C=O) groups is 1. The van der Waals surface area contributed by atoms with Crippen molar-refractivity contribution < 1.29 is 31.1 Å². The van der Waals surface area contributed by atoms with Gasteiger partial charge in [-0.25, -0.2) is 4.98 Å². The highest BCUT2D eigenvalue weighted by Gasteiger charge is 2.32. The lowest BCUT2D eigenvalue weighted by Gasteiger charge is -2.36. The van der Waals surface area contributed by atoms with Crippen molar-refractivity contribution in [2.24, 2.45) is 0 Å². The van der Waals surface area contributed by atoms with E-state index in [1.165, 1.54) is 20.7 Å². The van der Waals surface area contributed by atoms with Crippen LogP contribution in [0.25, 0.3) is 0 Å². The number of piperazine rings is 1. The number of ether oxygens (including phenoxy) is 1. The van der Waals surface area contributed by atoms with Crippen molar-refractivity contribution in [1.82, 2.24) is 18.5 Å². The summed E-state index contributed by atoms with van der Waals surface area (Å²) in [4.78, 5) is 18.0. The van der Waals surface area contributed by atoms with Crippen LogP contribution in [-0.2, 0) is 16.4 Å². The summed E-state index contributed by atoms with van der Waals surface area (Å²) in [7, 11) is -3.54. The van der Waals surface area contributed by atoms with E-state index < -0.39 is 21.9 Å². The Labute approximate surface area is 190 Å². The van der Waals surface area contributed by atoms with Gasteiger partial charge < -0.3 is 9.64 Å². The van der Waals surface area contributed by atoms with Crippen molar-refractivity contribution in [1.29, 1.82) is 0 Å². The van der Waals surface area contributed by atoms with Crippen LogP contribution < -0.4 is 4.74 Å². The molecule has 1 aliphatic heterocycles. The van der Waals surface area contributed by atoms with Crippen LogP contribution in [0.5, 0.6) is 11.6 Å². The minimum atomic E-state index is -4.48. The third-order valence-corrected chi connectivity index (χ3v) is 7.46. The van der Waals surface area contributed by atoms with Gasteiger partial charge in [-0.05, 0) is 30.3 Å². The minimum Gasteiger partial charge on any atom is -0.439 e. The third-order valence-electron chi connectivity index (χ3n) is 5.27. The van der Waals surface area contributed by atoms with Gasteiger partial charge in [-0.15, -0.1) is 0 Å². The maximum Gasteiger partial charge on any atom is 0.417 e. The highest BCUT2D eigenvalue weighted by atomic mass is 32.2. The van der Waals surface area contributed by atoms with Gasteiger partial charge in [0.05, 0.1) is 5.56 Å². The lowest BCUT2D eigenvalue weighted by atomic mass is 10.2. The Kier molecular flexibility index (Phi) is 7.60. The molecular weight excluding hydrogens is 461 g/mol. The molecule has 1 amide bonds. The maximum atomic E-state index is 12.8. The SMILES string of the molecule is CCN(CC)S(=O)(=O)N1CCN(C(=O)c2ccc(Oc3ccc(C(F)(F)F)cn3)cc2)CC1. The van der Waals surface area contributed by atoms with Crippen LogP contribution in [-0.4, -0.2) is 72.1 Å². The van der Waals surface area contributed by atoms with E-state index in [9.17, 15) is 26.4 Å². The zero-order chi connectivity index (χ0) is 24.2. The van der Waals surface area contributed by atoms with Gasteiger partial charge in [0, 0.05) is 57.1 Å². The van der Waals surface area contributed by atoms with Crippen molar-refractivity contribution in [2.75, 3.05) is 39.3 Å². The van der Waals surface area contributed by atoms with Crippen molar-refractivity contribution in [2.45, 2.75) is 20.0 Å². The summed E-state index contributed by atoms with van der Waals surface area (Å²) in [5.41, 5.74) is -0.483. The monoisotopic (exact) mass is 486 g/mol. The number of carbonyl (C=O) groups excluding carboxylic acids is 1. The number of hydrogen-bond acceptors (Lipinski definition) is 5. The highest BCUT2D eigenvalue weighted by Crippen LogP contribution is 2.30. The van der Waals surface area contributed by atoms with Gasteiger partial charge in [-0.3, -0.25) is 4.79 Å². The standard InChI is InChI=1S/C21H25F3N4O4S/c1-3-27(4-2)33(30,31)28-13-11-26(12-14-28)20(29)16-5-8-18(9-6-16)32-19-10-7-17(15-25-19)21(22,23)24/h5-10,15H,3-4,11-14H2,1-2H3. The Balaban J connectivity index is 1.59. The molecule has 1 aliphatic rings. The summed E-state index contributed by atoms with van der Waals surface area (Å²) in [6.07, 6.45) is -3.79. The van der Waals surface area contributed by atoms with Crippen LogP contribution in [0.4, 0.5) is 13.2 Å². The van der Waals surface area contributed by atoms with Crippen LogP contribution in [0.1, 0.15) is 29.8 Å². The average molecular weight is 487 g/mol. The molecule has 0 bridgehead atoms. The molecule has 180 valence electrons. The van der Waals surface area contributed by atoms with Crippen molar-refractivity contribution >= 4 is 16.1 Å². The first-order valence-corrected chi connectivity index (χ1v) is 11.8. The fraction of sp³-hybridized carbons (Fsp3) is 0.429. The Morgan fingerprint density at radius 2 is 1.64 bits per heavy atom. The van der Waals surface area contributed by atoms with Crippen molar-refractivity contribution in [3.8, 4) is 11.6 Å². The summed E-state index contributed by atoms with van der Waals surface area (Å²) in [6, 6.07) is 8.12. The molecule has 2 heterocycles. The number of amides is 1. The number of aromatic nitrogens is 1. The number of rotatable bonds is 7. The van der Waals surface area contributed by atoms with Crippen LogP contribution in [0.2, 0.25) is 0 Å². The zero-order valence-electron chi connectivity index (χ0n) is 18.2. The number of nitrogens with zero attached hydrogens (tertiary/aromatic N) is 4. The Bertz CT molecular complexity index is 1050. The topological polar surface area (TPSA) is 83.1 Å². The molecule has 1 saturated heterocycles. The second-order valence-electron chi connectivity index (χ2n) is 7.29. The highest BCUT2D eigenvalue weighted by molar-refractivity contribution is 7.86. The number of alkyl halides is 3. The van der Waals surface area contributed by atoms with E-state index in [0.29, 0.717) is 30.6 Å². The van der Waals surface area contributed by atoms with Gasteiger partial charge in [-0.2, -0.15) is 30.2 Å². The van der Waals surface area contributed by atoms with Gasteiger partial charge in [-0.1, -0.05) is 13.8 Å². The first-order chi connectivity index (χ1) is 15.6. The Hall–Kier alpha value is -2.70. The second-order valence-corrected chi connectivity index (χ2v) is 9.22. The fourth-order valence-electron chi connectivity index (χ4n) is 3.41. The molecule has 12 heteroatoms. The number of pyridine rings is 1. The van der Waals surface area contributed by atoms with Crippen molar-refractivity contribution in [3.63, 3.8) is 0 Å². The van der Waals surface area contributed by atoms with Gasteiger partial charge in [0.2, 0.25) is 5.88 Å². The van der Waals surface area contributed by atoms with E-state index in [0.717, 1.165) is 12.1 Å². The van der Waals surface area contributed by atoms with E-state index in [2.05, 4.69) is 4.98 Å². The molecule has 0 unspecified atom stereocenters. The molecule has 0 radical (unpaired) electrons. The minimum absolute atomic E-state index is 0.00684. The second kappa shape index (κ2) is 10.1. The molecule has 8 nitrogen and oxygen atoms in total. The lowest BCUT2D eigenvalue weighted by Crippen LogP contribution is -2.54. The van der Waals surface area contributed by atoms with Gasteiger partial charge in [0.15, 0.2) is 0 Å². The van der Waals surface area contributed by atoms with Gasteiger partial charge in [0.1, 0.15) is 5.75 Å². The fourth-order valence-corrected chi connectivity index (χ4v) is 5.02. The Morgan fingerprint density at radius 1 is 1.03 bits per heavy atom. The van der Waals surface area contributed by atoms with Crippen molar-refractivity contribution in [3.05, 3.63) is 53.7 Å². The van der Waals surface area contributed by atoms with E-state index in [-0.39, 0.29) is 38.0 Å². The molecular formula is C21H25F3N4O4S. The van der Waals surface area contributed by atoms with Gasteiger partial charge in [0.25, 0.3) is 16.1 Å². The quantitative estimate of drug-likeness (QED) is 0.600. The lowest BCUT2D eigenvalue weighted by molar-refractivity contribution is -0.137. The zero-order valence-corrected chi connectivity index (χ0v) is 19.1. The molecule has 1 aromatic carbocycles. The molecule has 0 spiro atoms. The molecule has 3 rings (SSSR count). The predicted octanol–water partition coefficient (Wildman–Crippen LogP) is 3.24. The van der Waals surface area contributed by atoms with E-state index >= 15 is 0 Å². The molecule has 2 aromatic rings. The van der Waals surface area contributed by atoms with Crippen LogP contribution >= 0.6 is 0 Å². The summed E-state index contributed by atoms with van der Waals surface area (Å²) in [6.45, 7) is 5.29. The van der Waals surface area contributed by atoms with E-state index in [4.69, 9.17) is 4.74 Å². The summed E-state index contributed by atoms with van der Waals surface area (Å²) >= 11 is 0. The largest absolute Gasteiger partial charge is 0.439 e. The third kappa shape index (κ3) is 5.81. The average Bonchev–Trinajstić information content (AvgIpc) is 2.79. The Morgan fingerprint density at radius 3 is 2.12 bits per heavy atom. The maximum absolute atomic E-state index is 12.8. The van der Waals surface area contributed by atoms with E-state index in [1.807, 2.05) is 0 Å². The molecule has 0 saturated carbocycles. The van der Waals surface area contributed by atoms with Crippen LogP contribution in [0, 0.1) is 0 Å². The molecule has 0 N–H and O–H groups in total. The molecule has 1 aromatic heterocycles. The summed E-state index contributed by atoms with van der Waals surface area (Å²) in [5, 5.41) is 0. The van der Waals surface area contributed by atoms with Gasteiger partial charge >= 0.3 is 6.18 Å². The molecule has 0 aliphatic carbocycles. The molecule has 33 heavy (non-hydrogen) atoms. The number of halogens is 3. The van der Waals surface area contributed by atoms with E-state index in [1.54, 1.807) is 30.9 Å². The number of benzene rings is 1. The normalized spacial score (nSPS) is 15.6. The summed E-state index contributed by atoms with van der Waals surface area (Å²) < 4.78 is 71.3. The summed E-state index contributed by atoms with van der Waals surface area (Å²) in [5.74, 6) is 0.0654. The van der Waals surface area contributed by atoms with Crippen LogP contribution in [0.3, 0.4) is 0 Å². The predicted molar refractivity (Wildman–Crippen MR) is 115 cm³/mol. The first kappa shape index (κ1) is 24.9. The smallest absolute Gasteiger partial charge is 0.417 e.